The van der Waals surface area contributed by atoms with E-state index in [4.69, 9.17) is 0 Å². The van der Waals surface area contributed by atoms with Crippen molar-refractivity contribution < 1.29 is 9.59 Å². The Balaban J connectivity index is 3.27. The van der Waals surface area contributed by atoms with Gasteiger partial charge in [0.25, 0.3) is 0 Å². The lowest BCUT2D eigenvalue weighted by Crippen LogP contribution is -2.06. The maximum Gasteiger partial charge on any atom is 0.187 e. The zero-order valence-electron chi connectivity index (χ0n) is 7.28. The van der Waals surface area contributed by atoms with Crippen LogP contribution in [0, 0.1) is 0 Å². The highest BCUT2D eigenvalue weighted by Crippen LogP contribution is 2.07. The van der Waals surface area contributed by atoms with Crippen LogP contribution in [0.25, 0.3) is 0 Å². The van der Waals surface area contributed by atoms with E-state index in [9.17, 15) is 9.59 Å². The SMILES string of the molecule is C=CC(=O)c1cccnc1C(C)=O. The molecule has 0 aliphatic carbocycles. The Bertz CT molecular complexity index is 369. The molecule has 0 N–H and O–H groups in total. The molecule has 1 aromatic rings. The van der Waals surface area contributed by atoms with Gasteiger partial charge in [-0.1, -0.05) is 6.58 Å². The average molecular weight is 175 g/mol. The Kier molecular flexibility index (Phi) is 2.69. The Labute approximate surface area is 76.1 Å². The minimum atomic E-state index is -0.279. The number of pyridine rings is 1. The van der Waals surface area contributed by atoms with Gasteiger partial charge in [0, 0.05) is 13.1 Å². The van der Waals surface area contributed by atoms with Gasteiger partial charge in [-0.25, -0.2) is 0 Å². The van der Waals surface area contributed by atoms with Gasteiger partial charge in [0.05, 0.1) is 5.56 Å². The number of hydrogen-bond donors (Lipinski definition) is 0. The van der Waals surface area contributed by atoms with Crippen molar-refractivity contribution in [3.63, 3.8) is 0 Å². The van der Waals surface area contributed by atoms with Gasteiger partial charge in [0.1, 0.15) is 5.69 Å². The van der Waals surface area contributed by atoms with Crippen LogP contribution in [0.3, 0.4) is 0 Å². The van der Waals surface area contributed by atoms with Gasteiger partial charge >= 0.3 is 0 Å². The van der Waals surface area contributed by atoms with E-state index >= 15 is 0 Å². The van der Waals surface area contributed by atoms with Crippen LogP contribution in [0.2, 0.25) is 0 Å². The van der Waals surface area contributed by atoms with E-state index in [2.05, 4.69) is 11.6 Å². The molecule has 0 bridgehead atoms. The van der Waals surface area contributed by atoms with Crippen LogP contribution in [0.1, 0.15) is 27.8 Å². The second-order valence-electron chi connectivity index (χ2n) is 2.52. The monoisotopic (exact) mass is 175 g/mol. The fourth-order valence-corrected chi connectivity index (χ4v) is 0.995. The fraction of sp³-hybridized carbons (Fsp3) is 0.100. The maximum absolute atomic E-state index is 11.2. The lowest BCUT2D eigenvalue weighted by atomic mass is 10.1. The normalized spacial score (nSPS) is 9.31. The Morgan fingerprint density at radius 1 is 1.54 bits per heavy atom. The summed E-state index contributed by atoms with van der Waals surface area (Å²) in [5.74, 6) is -0.496. The summed E-state index contributed by atoms with van der Waals surface area (Å²) in [4.78, 5) is 26.1. The lowest BCUT2D eigenvalue weighted by Gasteiger charge is -2.00. The first kappa shape index (κ1) is 9.32. The molecule has 3 heteroatoms. The molecule has 13 heavy (non-hydrogen) atoms. The van der Waals surface area contributed by atoms with Crippen LogP contribution in [0.5, 0.6) is 0 Å². The number of rotatable bonds is 3. The van der Waals surface area contributed by atoms with Crippen LogP contribution < -0.4 is 0 Å². The topological polar surface area (TPSA) is 47.0 Å². The molecule has 0 radical (unpaired) electrons. The summed E-state index contributed by atoms with van der Waals surface area (Å²) in [6.45, 7) is 4.73. The van der Waals surface area contributed by atoms with E-state index in [0.717, 1.165) is 0 Å². The predicted molar refractivity (Wildman–Crippen MR) is 48.8 cm³/mol. The molecule has 0 unspecified atom stereocenters. The molecule has 1 heterocycles. The third kappa shape index (κ3) is 1.87. The fourth-order valence-electron chi connectivity index (χ4n) is 0.995. The molecule has 0 atom stereocenters. The number of allylic oxidation sites excluding steroid dienone is 1. The van der Waals surface area contributed by atoms with Crippen LogP contribution in [-0.2, 0) is 0 Å². The Morgan fingerprint density at radius 2 is 2.23 bits per heavy atom. The van der Waals surface area contributed by atoms with Crippen molar-refractivity contribution in [1.82, 2.24) is 4.98 Å². The standard InChI is InChI=1S/C10H9NO2/c1-3-9(13)8-5-4-6-11-10(8)7(2)12/h3-6H,1H2,2H3. The minimum Gasteiger partial charge on any atom is -0.293 e. The van der Waals surface area contributed by atoms with E-state index in [0.29, 0.717) is 5.56 Å². The summed E-state index contributed by atoms with van der Waals surface area (Å²) in [6, 6.07) is 3.18. The van der Waals surface area contributed by atoms with E-state index in [-0.39, 0.29) is 17.3 Å². The number of carbonyl (C=O) groups excluding carboxylic acids is 2. The zero-order valence-corrected chi connectivity index (χ0v) is 7.28. The van der Waals surface area contributed by atoms with Crippen molar-refractivity contribution in [2.24, 2.45) is 0 Å². The summed E-state index contributed by atoms with van der Waals surface area (Å²) in [5, 5.41) is 0. The van der Waals surface area contributed by atoms with Gasteiger partial charge in [-0.05, 0) is 18.2 Å². The first-order chi connectivity index (χ1) is 6.16. The molecule has 0 spiro atoms. The summed E-state index contributed by atoms with van der Waals surface area (Å²) >= 11 is 0. The molecule has 1 rings (SSSR count). The summed E-state index contributed by atoms with van der Waals surface area (Å²) in [7, 11) is 0. The lowest BCUT2D eigenvalue weighted by molar-refractivity contribution is 0.0988. The number of aromatic nitrogens is 1. The third-order valence-corrected chi connectivity index (χ3v) is 1.59. The van der Waals surface area contributed by atoms with Crippen molar-refractivity contribution in [3.05, 3.63) is 42.2 Å². The molecule has 66 valence electrons. The maximum atomic E-state index is 11.2. The van der Waals surface area contributed by atoms with Gasteiger partial charge < -0.3 is 0 Å². The molecule has 0 saturated carbocycles. The van der Waals surface area contributed by atoms with Gasteiger partial charge in [-0.2, -0.15) is 0 Å². The molecule has 3 nitrogen and oxygen atoms in total. The number of ketones is 2. The molecule has 0 aliphatic heterocycles. The molecule has 1 aromatic heterocycles. The van der Waals surface area contributed by atoms with Gasteiger partial charge in [-0.15, -0.1) is 0 Å². The molecular weight excluding hydrogens is 166 g/mol. The predicted octanol–water partition coefficient (Wildman–Crippen LogP) is 1.65. The Morgan fingerprint density at radius 3 is 2.77 bits per heavy atom. The van der Waals surface area contributed by atoms with Crippen LogP contribution in [0.4, 0.5) is 0 Å². The summed E-state index contributed by atoms with van der Waals surface area (Å²) in [5.41, 5.74) is 0.511. The molecule has 0 aliphatic rings. The van der Waals surface area contributed by atoms with Gasteiger partial charge in [0.2, 0.25) is 0 Å². The highest BCUT2D eigenvalue weighted by molar-refractivity contribution is 6.11. The van der Waals surface area contributed by atoms with E-state index < -0.39 is 0 Å². The Hall–Kier alpha value is -1.77. The second kappa shape index (κ2) is 3.76. The molecule has 0 fully saturated rings. The van der Waals surface area contributed by atoms with Crippen LogP contribution in [-0.4, -0.2) is 16.6 Å². The van der Waals surface area contributed by atoms with Crippen molar-refractivity contribution in [2.75, 3.05) is 0 Å². The zero-order chi connectivity index (χ0) is 9.84. The van der Waals surface area contributed by atoms with E-state index in [1.165, 1.54) is 19.2 Å². The number of carbonyl (C=O) groups is 2. The van der Waals surface area contributed by atoms with Crippen molar-refractivity contribution in [3.8, 4) is 0 Å². The first-order valence-corrected chi connectivity index (χ1v) is 3.79. The van der Waals surface area contributed by atoms with Gasteiger partial charge in [-0.3, -0.25) is 14.6 Å². The largest absolute Gasteiger partial charge is 0.293 e. The smallest absolute Gasteiger partial charge is 0.187 e. The molecular formula is C10H9NO2. The number of Topliss-reactive ketones (excluding diaryl/α,β-unsaturated/α-hetero) is 1. The van der Waals surface area contributed by atoms with E-state index in [1.54, 1.807) is 12.1 Å². The second-order valence-corrected chi connectivity index (χ2v) is 2.52. The minimum absolute atomic E-state index is 0.201. The molecule has 0 aromatic carbocycles. The molecule has 0 saturated heterocycles. The van der Waals surface area contributed by atoms with Crippen LogP contribution in [0.15, 0.2) is 31.0 Å². The third-order valence-electron chi connectivity index (χ3n) is 1.59. The quantitative estimate of drug-likeness (QED) is 0.518. The van der Waals surface area contributed by atoms with Crippen LogP contribution >= 0.6 is 0 Å². The highest BCUT2D eigenvalue weighted by Gasteiger charge is 2.11. The summed E-state index contributed by atoms with van der Waals surface area (Å²) < 4.78 is 0. The van der Waals surface area contributed by atoms with Crippen molar-refractivity contribution in [1.29, 1.82) is 0 Å². The van der Waals surface area contributed by atoms with Crippen molar-refractivity contribution in [2.45, 2.75) is 6.92 Å². The van der Waals surface area contributed by atoms with Crippen molar-refractivity contribution >= 4 is 11.6 Å². The van der Waals surface area contributed by atoms with E-state index in [1.807, 2.05) is 0 Å². The summed E-state index contributed by atoms with van der Waals surface area (Å²) in [6.07, 6.45) is 2.65. The van der Waals surface area contributed by atoms with Gasteiger partial charge in [0.15, 0.2) is 11.6 Å². The first-order valence-electron chi connectivity index (χ1n) is 3.79. The molecule has 0 amide bonds. The average Bonchev–Trinajstić information content (AvgIpc) is 2.16. The number of hydrogen-bond acceptors (Lipinski definition) is 3. The highest BCUT2D eigenvalue weighted by atomic mass is 16.1. The number of nitrogens with zero attached hydrogens (tertiary/aromatic N) is 1.